The van der Waals surface area contributed by atoms with Gasteiger partial charge >= 0.3 is 0 Å². The van der Waals surface area contributed by atoms with Gasteiger partial charge in [0.2, 0.25) is 5.91 Å². The molecule has 1 aliphatic rings. The number of fused-ring (bicyclic) bond motifs is 3. The Morgan fingerprint density at radius 3 is 2.40 bits per heavy atom. The fourth-order valence-electron chi connectivity index (χ4n) is 5.95. The number of nitrogens with zero attached hydrogens (tertiary/aromatic N) is 2. The van der Waals surface area contributed by atoms with E-state index in [9.17, 15) is 14.4 Å². The number of hydrogen-bond acceptors (Lipinski definition) is 4. The van der Waals surface area contributed by atoms with Crippen molar-refractivity contribution in [2.75, 3.05) is 38.5 Å². The van der Waals surface area contributed by atoms with E-state index >= 15 is 0 Å². The fourth-order valence-corrected chi connectivity index (χ4v) is 5.95. The van der Waals surface area contributed by atoms with E-state index in [-0.39, 0.29) is 11.8 Å². The van der Waals surface area contributed by atoms with Crippen molar-refractivity contribution < 1.29 is 14.4 Å². The number of primary amides is 1. The van der Waals surface area contributed by atoms with Crippen LogP contribution in [0, 0.1) is 6.92 Å². The molecule has 0 spiro atoms. The molecule has 8 nitrogen and oxygen atoms in total. The van der Waals surface area contributed by atoms with Crippen LogP contribution in [-0.4, -0.2) is 65.7 Å². The van der Waals surface area contributed by atoms with Gasteiger partial charge in [-0.1, -0.05) is 54.6 Å². The topological polar surface area (TPSA) is 112 Å². The van der Waals surface area contributed by atoms with Crippen molar-refractivity contribution in [1.82, 2.24) is 14.8 Å². The van der Waals surface area contributed by atoms with Gasteiger partial charge in [0, 0.05) is 60.1 Å². The Hall–Kier alpha value is -4.95. The zero-order chi connectivity index (χ0) is 30.1. The van der Waals surface area contributed by atoms with E-state index in [1.807, 2.05) is 84.6 Å². The van der Waals surface area contributed by atoms with E-state index in [4.69, 9.17) is 5.73 Å². The number of aromatic nitrogens is 1. The maximum Gasteiger partial charge on any atom is 0.254 e. The molecule has 1 aliphatic heterocycles. The molecule has 1 aromatic heterocycles. The summed E-state index contributed by atoms with van der Waals surface area (Å²) in [6, 6.07) is 25.1. The molecule has 2 heterocycles. The lowest BCUT2D eigenvalue weighted by molar-refractivity contribution is -0.116. The number of anilines is 1. The minimum absolute atomic E-state index is 0.00412. The summed E-state index contributed by atoms with van der Waals surface area (Å²) >= 11 is 0. The molecule has 0 radical (unpaired) electrons. The van der Waals surface area contributed by atoms with E-state index in [1.54, 1.807) is 6.07 Å². The Kier molecular flexibility index (Phi) is 7.69. The standard InChI is InChI=1S/C35H35N5O3/c1-22-25(9-6-10-29(22)37-31(41)16-11-23-7-4-3-5-8-23)26-14-15-28(34(36)42)33-32(26)27-13-12-24(21-30(27)38-33)35(43)40-19-17-39(2)18-20-40/h3-10,12-15,21,38H,11,16-20H2,1-2H3,(H2,36,42)(H,37,41). The summed E-state index contributed by atoms with van der Waals surface area (Å²) in [4.78, 5) is 46.1. The second-order valence-electron chi connectivity index (χ2n) is 11.3. The Labute approximate surface area is 250 Å². The Morgan fingerprint density at radius 1 is 0.884 bits per heavy atom. The van der Waals surface area contributed by atoms with Gasteiger partial charge in [-0.15, -0.1) is 0 Å². The predicted molar refractivity (Wildman–Crippen MR) is 171 cm³/mol. The lowest BCUT2D eigenvalue weighted by atomic mass is 9.93. The first-order valence-corrected chi connectivity index (χ1v) is 14.6. The summed E-state index contributed by atoms with van der Waals surface area (Å²) in [5.41, 5.74) is 12.8. The number of carbonyl (C=O) groups excluding carboxylic acids is 3. The molecule has 218 valence electrons. The van der Waals surface area contributed by atoms with Crippen LogP contribution in [0.3, 0.4) is 0 Å². The second-order valence-corrected chi connectivity index (χ2v) is 11.3. The third kappa shape index (κ3) is 5.61. The SMILES string of the molecule is Cc1c(NC(=O)CCc2ccccc2)cccc1-c1ccc(C(N)=O)c2[nH]c3cc(C(=O)N4CCN(C)CC4)ccc3c12. The first kappa shape index (κ1) is 28.2. The van der Waals surface area contributed by atoms with Crippen LogP contribution in [-0.2, 0) is 11.2 Å². The van der Waals surface area contributed by atoms with Crippen LogP contribution < -0.4 is 11.1 Å². The normalized spacial score (nSPS) is 13.9. The molecule has 0 saturated carbocycles. The molecule has 6 rings (SSSR count). The maximum atomic E-state index is 13.3. The molecule has 0 atom stereocenters. The first-order chi connectivity index (χ1) is 20.8. The van der Waals surface area contributed by atoms with E-state index in [2.05, 4.69) is 22.2 Å². The molecule has 8 heteroatoms. The number of amides is 3. The Morgan fingerprint density at radius 2 is 1.65 bits per heavy atom. The average molecular weight is 574 g/mol. The maximum absolute atomic E-state index is 13.3. The Bertz CT molecular complexity index is 1850. The number of carbonyl (C=O) groups is 3. The number of H-pyrrole nitrogens is 1. The van der Waals surface area contributed by atoms with Crippen LogP contribution >= 0.6 is 0 Å². The number of hydrogen-bond donors (Lipinski definition) is 3. The average Bonchev–Trinajstić information content (AvgIpc) is 3.40. The molecule has 0 aliphatic carbocycles. The number of nitrogens with two attached hydrogens (primary N) is 1. The highest BCUT2D eigenvalue weighted by Crippen LogP contribution is 2.39. The largest absolute Gasteiger partial charge is 0.366 e. The number of piperazine rings is 1. The van der Waals surface area contributed by atoms with Crippen LogP contribution in [0.5, 0.6) is 0 Å². The van der Waals surface area contributed by atoms with Gasteiger partial charge in [-0.2, -0.15) is 0 Å². The van der Waals surface area contributed by atoms with Crippen molar-refractivity contribution in [3.8, 4) is 11.1 Å². The molecule has 4 N–H and O–H groups in total. The highest BCUT2D eigenvalue weighted by atomic mass is 16.2. The van der Waals surface area contributed by atoms with Gasteiger partial charge in [-0.25, -0.2) is 0 Å². The van der Waals surface area contributed by atoms with E-state index in [0.717, 1.165) is 57.3 Å². The molecular weight excluding hydrogens is 538 g/mol. The Balaban J connectivity index is 1.36. The number of likely N-dealkylation sites (N-methyl/N-ethyl adjacent to an activating group) is 1. The molecule has 0 bridgehead atoms. The fraction of sp³-hybridized carbons (Fsp3) is 0.229. The summed E-state index contributed by atoms with van der Waals surface area (Å²) in [5.74, 6) is -0.591. The molecule has 43 heavy (non-hydrogen) atoms. The highest BCUT2D eigenvalue weighted by molar-refractivity contribution is 6.20. The summed E-state index contributed by atoms with van der Waals surface area (Å²) in [6.45, 7) is 5.05. The van der Waals surface area contributed by atoms with Gasteiger partial charge in [0.25, 0.3) is 11.8 Å². The lowest BCUT2D eigenvalue weighted by Crippen LogP contribution is -2.47. The number of nitrogens with one attached hydrogen (secondary N) is 2. The van der Waals surface area contributed by atoms with Crippen molar-refractivity contribution in [3.05, 3.63) is 101 Å². The number of rotatable bonds is 7. The third-order valence-corrected chi connectivity index (χ3v) is 8.44. The molecule has 1 fully saturated rings. The monoisotopic (exact) mass is 573 g/mol. The van der Waals surface area contributed by atoms with Crippen molar-refractivity contribution in [2.24, 2.45) is 5.73 Å². The predicted octanol–water partition coefficient (Wildman–Crippen LogP) is 5.35. The van der Waals surface area contributed by atoms with Crippen molar-refractivity contribution in [2.45, 2.75) is 19.8 Å². The number of aryl methyl sites for hydroxylation is 1. The zero-order valence-electron chi connectivity index (χ0n) is 24.4. The minimum Gasteiger partial charge on any atom is -0.366 e. The van der Waals surface area contributed by atoms with Gasteiger partial charge in [0.1, 0.15) is 0 Å². The number of benzene rings is 4. The van der Waals surface area contributed by atoms with Crippen LogP contribution in [0.4, 0.5) is 5.69 Å². The highest BCUT2D eigenvalue weighted by Gasteiger charge is 2.23. The second kappa shape index (κ2) is 11.7. The molecule has 4 aromatic carbocycles. The van der Waals surface area contributed by atoms with Gasteiger partial charge in [-0.3, -0.25) is 14.4 Å². The van der Waals surface area contributed by atoms with Gasteiger partial charge in [0.15, 0.2) is 0 Å². The van der Waals surface area contributed by atoms with E-state index < -0.39 is 5.91 Å². The summed E-state index contributed by atoms with van der Waals surface area (Å²) < 4.78 is 0. The first-order valence-electron chi connectivity index (χ1n) is 14.6. The van der Waals surface area contributed by atoms with Gasteiger partial charge in [-0.05, 0) is 66.9 Å². The summed E-state index contributed by atoms with van der Waals surface area (Å²) in [6.07, 6.45) is 1.04. The van der Waals surface area contributed by atoms with Crippen molar-refractivity contribution in [3.63, 3.8) is 0 Å². The lowest BCUT2D eigenvalue weighted by Gasteiger charge is -2.32. The van der Waals surface area contributed by atoms with Crippen LogP contribution in [0.1, 0.15) is 38.3 Å². The molecule has 3 amide bonds. The van der Waals surface area contributed by atoms with Crippen molar-refractivity contribution >= 4 is 45.2 Å². The summed E-state index contributed by atoms with van der Waals surface area (Å²) in [5, 5.41) is 4.82. The van der Waals surface area contributed by atoms with E-state index in [0.29, 0.717) is 42.6 Å². The molecular formula is C35H35N5O3. The van der Waals surface area contributed by atoms with Gasteiger partial charge < -0.3 is 25.8 Å². The quantitative estimate of drug-likeness (QED) is 0.244. The molecule has 5 aromatic rings. The zero-order valence-corrected chi connectivity index (χ0v) is 24.4. The minimum atomic E-state index is -0.534. The van der Waals surface area contributed by atoms with Gasteiger partial charge in [0.05, 0.1) is 11.1 Å². The van der Waals surface area contributed by atoms with Crippen molar-refractivity contribution in [1.29, 1.82) is 0 Å². The third-order valence-electron chi connectivity index (χ3n) is 8.44. The van der Waals surface area contributed by atoms with Crippen LogP contribution in [0.25, 0.3) is 32.9 Å². The molecule has 1 saturated heterocycles. The number of aromatic amines is 1. The van der Waals surface area contributed by atoms with Crippen LogP contribution in [0.2, 0.25) is 0 Å². The van der Waals surface area contributed by atoms with E-state index in [1.165, 1.54) is 0 Å². The summed E-state index contributed by atoms with van der Waals surface area (Å²) in [7, 11) is 2.06. The molecule has 0 unspecified atom stereocenters. The smallest absolute Gasteiger partial charge is 0.254 e. The van der Waals surface area contributed by atoms with Crippen LogP contribution in [0.15, 0.2) is 78.9 Å².